The van der Waals surface area contributed by atoms with Gasteiger partial charge in [-0.05, 0) is 48.4 Å². The predicted octanol–water partition coefficient (Wildman–Crippen LogP) is 2.63. The minimum atomic E-state index is -3.73. The molecule has 1 amide bonds. The lowest BCUT2D eigenvalue weighted by atomic mass is 9.81. The standard InChI is InChI=1S/C18H17ClN2O4S/c1-25-13-5-6-16-15(10-13)18(17(22)20-16)7-8-21(11-18)26(23,24)14-4-2-3-12(19)9-14/h2-6,9-10H,7-8,11H2,1H3,(H,20,22)/t18-/m1/s1. The number of benzene rings is 2. The molecule has 2 aliphatic heterocycles. The highest BCUT2D eigenvalue weighted by atomic mass is 35.5. The molecule has 2 heterocycles. The second-order valence-corrected chi connectivity index (χ2v) is 8.87. The van der Waals surface area contributed by atoms with Crippen molar-refractivity contribution in [3.63, 3.8) is 0 Å². The van der Waals surface area contributed by atoms with Crippen LogP contribution in [0.3, 0.4) is 0 Å². The van der Waals surface area contributed by atoms with Gasteiger partial charge in [-0.1, -0.05) is 17.7 Å². The van der Waals surface area contributed by atoms with E-state index >= 15 is 0 Å². The van der Waals surface area contributed by atoms with Gasteiger partial charge in [-0.2, -0.15) is 4.31 Å². The molecule has 1 saturated heterocycles. The Morgan fingerprint density at radius 2 is 2.04 bits per heavy atom. The third-order valence-electron chi connectivity index (χ3n) is 5.09. The lowest BCUT2D eigenvalue weighted by molar-refractivity contribution is -0.120. The Kier molecular flexibility index (Phi) is 3.98. The molecule has 1 N–H and O–H groups in total. The fourth-order valence-electron chi connectivity index (χ4n) is 3.68. The summed E-state index contributed by atoms with van der Waals surface area (Å²) in [5, 5.41) is 3.22. The molecule has 0 saturated carbocycles. The number of sulfonamides is 1. The van der Waals surface area contributed by atoms with Gasteiger partial charge in [-0.3, -0.25) is 4.79 Å². The molecule has 1 fully saturated rings. The topological polar surface area (TPSA) is 75.7 Å². The van der Waals surface area contributed by atoms with Crippen molar-refractivity contribution in [3.8, 4) is 5.75 Å². The van der Waals surface area contributed by atoms with Crippen LogP contribution in [0.2, 0.25) is 5.02 Å². The average molecular weight is 393 g/mol. The number of ether oxygens (including phenoxy) is 1. The molecule has 2 aromatic carbocycles. The lowest BCUT2D eigenvalue weighted by Crippen LogP contribution is -2.39. The predicted molar refractivity (Wildman–Crippen MR) is 98.1 cm³/mol. The van der Waals surface area contributed by atoms with E-state index in [0.29, 0.717) is 22.9 Å². The molecule has 2 aliphatic rings. The Morgan fingerprint density at radius 1 is 1.23 bits per heavy atom. The van der Waals surface area contributed by atoms with E-state index in [1.54, 1.807) is 31.4 Å². The Labute approximate surface area is 156 Å². The van der Waals surface area contributed by atoms with Crippen molar-refractivity contribution in [2.45, 2.75) is 16.7 Å². The van der Waals surface area contributed by atoms with Crippen LogP contribution in [0.25, 0.3) is 0 Å². The zero-order valence-electron chi connectivity index (χ0n) is 14.0. The van der Waals surface area contributed by atoms with E-state index < -0.39 is 15.4 Å². The molecule has 0 unspecified atom stereocenters. The highest BCUT2D eigenvalue weighted by Crippen LogP contribution is 2.46. The normalized spacial score (nSPS) is 22.5. The number of nitrogens with one attached hydrogen (secondary N) is 1. The van der Waals surface area contributed by atoms with E-state index in [2.05, 4.69) is 5.32 Å². The number of carbonyl (C=O) groups excluding carboxylic acids is 1. The van der Waals surface area contributed by atoms with Gasteiger partial charge in [0.05, 0.1) is 17.4 Å². The van der Waals surface area contributed by atoms with Gasteiger partial charge in [0.2, 0.25) is 15.9 Å². The molecule has 136 valence electrons. The van der Waals surface area contributed by atoms with E-state index in [9.17, 15) is 13.2 Å². The molecule has 1 atom stereocenters. The summed E-state index contributed by atoms with van der Waals surface area (Å²) in [6, 6.07) is 11.5. The van der Waals surface area contributed by atoms with Crippen LogP contribution in [0.4, 0.5) is 5.69 Å². The SMILES string of the molecule is COc1ccc2c(c1)[C@]1(CCN(S(=O)(=O)c3cccc(Cl)c3)C1)C(=O)N2. The molecule has 0 radical (unpaired) electrons. The van der Waals surface area contributed by atoms with Crippen LogP contribution in [0.5, 0.6) is 5.75 Å². The second-order valence-electron chi connectivity index (χ2n) is 6.49. The van der Waals surface area contributed by atoms with Gasteiger partial charge < -0.3 is 10.1 Å². The summed E-state index contributed by atoms with van der Waals surface area (Å²) in [4.78, 5) is 12.9. The maximum atomic E-state index is 13.0. The third-order valence-corrected chi connectivity index (χ3v) is 7.17. The summed E-state index contributed by atoms with van der Waals surface area (Å²) in [5.74, 6) is 0.459. The fraction of sp³-hybridized carbons (Fsp3) is 0.278. The van der Waals surface area contributed by atoms with Crippen molar-refractivity contribution in [2.24, 2.45) is 0 Å². The summed E-state index contributed by atoms with van der Waals surface area (Å²) in [5.41, 5.74) is 0.596. The van der Waals surface area contributed by atoms with E-state index in [1.807, 2.05) is 6.07 Å². The van der Waals surface area contributed by atoms with Crippen LogP contribution < -0.4 is 10.1 Å². The van der Waals surface area contributed by atoms with Crippen molar-refractivity contribution in [3.05, 3.63) is 53.1 Å². The Hall–Kier alpha value is -2.09. The van der Waals surface area contributed by atoms with Gasteiger partial charge in [0, 0.05) is 23.8 Å². The number of hydrogen-bond donors (Lipinski definition) is 1. The van der Waals surface area contributed by atoms with Crippen LogP contribution in [-0.2, 0) is 20.2 Å². The van der Waals surface area contributed by atoms with E-state index in [-0.39, 0.29) is 23.9 Å². The van der Waals surface area contributed by atoms with Crippen LogP contribution in [0.15, 0.2) is 47.4 Å². The maximum absolute atomic E-state index is 13.0. The van der Waals surface area contributed by atoms with Gasteiger partial charge in [-0.25, -0.2) is 8.42 Å². The summed E-state index contributed by atoms with van der Waals surface area (Å²) < 4.78 is 32.6. The number of carbonyl (C=O) groups is 1. The molecule has 26 heavy (non-hydrogen) atoms. The highest BCUT2D eigenvalue weighted by molar-refractivity contribution is 7.89. The summed E-state index contributed by atoms with van der Waals surface area (Å²) in [7, 11) is -2.17. The van der Waals surface area contributed by atoms with Crippen LogP contribution in [0.1, 0.15) is 12.0 Å². The average Bonchev–Trinajstić information content (AvgIpc) is 3.19. The van der Waals surface area contributed by atoms with Crippen LogP contribution in [0, 0.1) is 0 Å². The van der Waals surface area contributed by atoms with Crippen molar-refractivity contribution in [1.82, 2.24) is 4.31 Å². The zero-order valence-corrected chi connectivity index (χ0v) is 15.6. The smallest absolute Gasteiger partial charge is 0.243 e. The molecule has 8 heteroatoms. The van der Waals surface area contributed by atoms with E-state index in [0.717, 1.165) is 5.56 Å². The van der Waals surface area contributed by atoms with Gasteiger partial charge >= 0.3 is 0 Å². The lowest BCUT2D eigenvalue weighted by Gasteiger charge is -2.23. The van der Waals surface area contributed by atoms with E-state index in [4.69, 9.17) is 16.3 Å². The Morgan fingerprint density at radius 3 is 2.77 bits per heavy atom. The first-order chi connectivity index (χ1) is 12.4. The first-order valence-electron chi connectivity index (χ1n) is 8.12. The van der Waals surface area contributed by atoms with Gasteiger partial charge in [0.25, 0.3) is 0 Å². The molecule has 0 aliphatic carbocycles. The number of fused-ring (bicyclic) bond motifs is 2. The minimum absolute atomic E-state index is 0.0911. The molecule has 4 rings (SSSR count). The second kappa shape index (κ2) is 5.97. The summed E-state index contributed by atoms with van der Waals surface area (Å²) in [6.07, 6.45) is 0.415. The number of rotatable bonds is 3. The fourth-order valence-corrected chi connectivity index (χ4v) is 5.48. The van der Waals surface area contributed by atoms with E-state index in [1.165, 1.54) is 16.4 Å². The molecular weight excluding hydrogens is 376 g/mol. The maximum Gasteiger partial charge on any atom is 0.243 e. The molecule has 0 aromatic heterocycles. The first kappa shape index (κ1) is 17.3. The molecule has 6 nitrogen and oxygen atoms in total. The highest BCUT2D eigenvalue weighted by Gasteiger charge is 2.53. The van der Waals surface area contributed by atoms with Gasteiger partial charge in [0.15, 0.2) is 0 Å². The quantitative estimate of drug-likeness (QED) is 0.871. The van der Waals surface area contributed by atoms with Crippen molar-refractivity contribution in [1.29, 1.82) is 0 Å². The number of methoxy groups -OCH3 is 1. The third kappa shape index (κ3) is 2.50. The summed E-state index contributed by atoms with van der Waals surface area (Å²) >= 11 is 5.94. The number of nitrogens with zero attached hydrogens (tertiary/aromatic N) is 1. The Bertz CT molecular complexity index is 1010. The van der Waals surface area contributed by atoms with Crippen molar-refractivity contribution >= 4 is 33.2 Å². The van der Waals surface area contributed by atoms with Crippen LogP contribution in [-0.4, -0.2) is 38.8 Å². The summed E-state index contributed by atoms with van der Waals surface area (Å²) in [6.45, 7) is 0.354. The van der Waals surface area contributed by atoms with Crippen LogP contribution >= 0.6 is 11.6 Å². The monoisotopic (exact) mass is 392 g/mol. The number of hydrogen-bond acceptors (Lipinski definition) is 4. The number of halogens is 1. The molecular formula is C18H17ClN2O4S. The van der Waals surface area contributed by atoms with Crippen molar-refractivity contribution < 1.29 is 17.9 Å². The zero-order chi connectivity index (χ0) is 18.5. The minimum Gasteiger partial charge on any atom is -0.497 e. The van der Waals surface area contributed by atoms with Crippen molar-refractivity contribution in [2.75, 3.05) is 25.5 Å². The Balaban J connectivity index is 1.72. The van der Waals surface area contributed by atoms with Gasteiger partial charge in [0.1, 0.15) is 5.75 Å². The number of amides is 1. The molecule has 2 aromatic rings. The molecule has 1 spiro atoms. The largest absolute Gasteiger partial charge is 0.497 e. The van der Waals surface area contributed by atoms with Gasteiger partial charge in [-0.15, -0.1) is 0 Å². The first-order valence-corrected chi connectivity index (χ1v) is 9.94. The number of anilines is 1. The molecule has 0 bridgehead atoms.